The smallest absolute Gasteiger partial charge is 0.0446 e. The van der Waals surface area contributed by atoms with Gasteiger partial charge in [-0.15, -0.1) is 0 Å². The Morgan fingerprint density at radius 3 is 2.70 bits per heavy atom. The fourth-order valence-corrected chi connectivity index (χ4v) is 1.14. The lowest BCUT2D eigenvalue weighted by molar-refractivity contribution is 0.617. The third-order valence-electron chi connectivity index (χ3n) is 1.89. The number of anilines is 1. The van der Waals surface area contributed by atoms with Crippen molar-refractivity contribution in [3.63, 3.8) is 0 Å². The summed E-state index contributed by atoms with van der Waals surface area (Å²) in [5, 5.41) is 0. The van der Waals surface area contributed by atoms with Gasteiger partial charge in [0, 0.05) is 24.8 Å². The highest BCUT2D eigenvalue weighted by Gasteiger charge is 2.12. The van der Waals surface area contributed by atoms with Crippen molar-refractivity contribution in [3.05, 3.63) is 30.3 Å². The number of rotatable bonds is 1. The summed E-state index contributed by atoms with van der Waals surface area (Å²) in [6.07, 6.45) is 1.34. The molecule has 10 heavy (non-hydrogen) atoms. The van der Waals surface area contributed by atoms with Gasteiger partial charge < -0.3 is 4.90 Å². The van der Waals surface area contributed by atoms with Crippen molar-refractivity contribution < 1.29 is 0 Å². The molecule has 0 aromatic heterocycles. The van der Waals surface area contributed by atoms with Gasteiger partial charge in [0.05, 0.1) is 0 Å². The van der Waals surface area contributed by atoms with Crippen LogP contribution in [0.15, 0.2) is 24.3 Å². The van der Waals surface area contributed by atoms with E-state index in [2.05, 4.69) is 23.1 Å². The summed E-state index contributed by atoms with van der Waals surface area (Å²) < 4.78 is 0. The molecule has 1 aliphatic rings. The number of nitrogens with zero attached hydrogens (tertiary/aromatic N) is 1. The molecule has 1 heterocycles. The van der Waals surface area contributed by atoms with Crippen molar-refractivity contribution in [3.8, 4) is 0 Å². The first-order chi connectivity index (χ1) is 4.97. The molecule has 2 rings (SSSR count). The molecular weight excluding hydrogens is 122 g/mol. The summed E-state index contributed by atoms with van der Waals surface area (Å²) >= 11 is 0. The lowest BCUT2D eigenvalue weighted by Crippen LogP contribution is -2.36. The lowest BCUT2D eigenvalue weighted by atomic mass is 10.2. The van der Waals surface area contributed by atoms with Crippen LogP contribution in [0.4, 0.5) is 5.69 Å². The summed E-state index contributed by atoms with van der Waals surface area (Å²) in [6.45, 7) is 2.42. The van der Waals surface area contributed by atoms with Crippen LogP contribution in [0.1, 0.15) is 6.42 Å². The van der Waals surface area contributed by atoms with Gasteiger partial charge in [-0.1, -0.05) is 18.2 Å². The van der Waals surface area contributed by atoms with E-state index in [1.54, 1.807) is 0 Å². The molecule has 1 aromatic carbocycles. The molecule has 1 nitrogen and oxygen atoms in total. The van der Waals surface area contributed by atoms with Gasteiger partial charge in [-0.3, -0.25) is 0 Å². The van der Waals surface area contributed by atoms with Crippen molar-refractivity contribution in [2.45, 2.75) is 6.42 Å². The number of hydrogen-bond acceptors (Lipinski definition) is 1. The second-order valence-corrected chi connectivity index (χ2v) is 2.59. The summed E-state index contributed by atoms with van der Waals surface area (Å²) in [7, 11) is 0. The molecule has 0 saturated carbocycles. The normalized spacial score (nSPS) is 16.6. The van der Waals surface area contributed by atoms with Crippen LogP contribution in [0.25, 0.3) is 0 Å². The van der Waals surface area contributed by atoms with Crippen LogP contribution in [-0.4, -0.2) is 13.1 Å². The standard InChI is InChI=1S/C9H10N/c1-2-5-9(6-3-1)10-7-4-8-10/h1-3,5H,4,7-8H2. The fraction of sp³-hybridized carbons (Fsp3) is 0.333. The average Bonchev–Trinajstić information content (AvgIpc) is 1.86. The first-order valence-corrected chi connectivity index (χ1v) is 3.68. The van der Waals surface area contributed by atoms with E-state index >= 15 is 0 Å². The van der Waals surface area contributed by atoms with E-state index in [1.807, 2.05) is 12.1 Å². The van der Waals surface area contributed by atoms with Crippen LogP contribution < -0.4 is 4.90 Å². The molecule has 1 aromatic rings. The first kappa shape index (κ1) is 5.78. The SMILES string of the molecule is [c]1ccccc1N1CCC1. The molecule has 1 fully saturated rings. The third kappa shape index (κ3) is 0.878. The topological polar surface area (TPSA) is 3.24 Å². The predicted octanol–water partition coefficient (Wildman–Crippen LogP) is 1.70. The van der Waals surface area contributed by atoms with Crippen LogP contribution in [0.3, 0.4) is 0 Å². The number of benzene rings is 1. The second-order valence-electron chi connectivity index (χ2n) is 2.59. The zero-order valence-corrected chi connectivity index (χ0v) is 5.88. The molecule has 1 aliphatic heterocycles. The summed E-state index contributed by atoms with van der Waals surface area (Å²) in [6, 6.07) is 11.3. The van der Waals surface area contributed by atoms with Crippen molar-refractivity contribution in [1.29, 1.82) is 0 Å². The molecule has 0 aliphatic carbocycles. The minimum absolute atomic E-state index is 1.21. The van der Waals surface area contributed by atoms with Gasteiger partial charge >= 0.3 is 0 Å². The van der Waals surface area contributed by atoms with E-state index in [1.165, 1.54) is 25.2 Å². The number of para-hydroxylation sites is 1. The summed E-state index contributed by atoms with van der Waals surface area (Å²) in [4.78, 5) is 2.33. The van der Waals surface area contributed by atoms with Crippen molar-refractivity contribution in [2.24, 2.45) is 0 Å². The Morgan fingerprint density at radius 1 is 1.30 bits per heavy atom. The van der Waals surface area contributed by atoms with Gasteiger partial charge in [0.1, 0.15) is 0 Å². The van der Waals surface area contributed by atoms with Gasteiger partial charge in [-0.2, -0.15) is 0 Å². The molecule has 0 bridgehead atoms. The second kappa shape index (κ2) is 2.33. The Morgan fingerprint density at radius 2 is 2.20 bits per heavy atom. The maximum absolute atomic E-state index is 3.20. The van der Waals surface area contributed by atoms with E-state index < -0.39 is 0 Å². The Bertz CT molecular complexity index is 201. The van der Waals surface area contributed by atoms with Gasteiger partial charge in [-0.25, -0.2) is 0 Å². The van der Waals surface area contributed by atoms with Crippen LogP contribution in [0.5, 0.6) is 0 Å². The van der Waals surface area contributed by atoms with Crippen LogP contribution in [0, 0.1) is 6.07 Å². The van der Waals surface area contributed by atoms with Crippen LogP contribution in [0.2, 0.25) is 0 Å². The van der Waals surface area contributed by atoms with E-state index in [-0.39, 0.29) is 0 Å². The maximum atomic E-state index is 3.20. The average molecular weight is 132 g/mol. The summed E-state index contributed by atoms with van der Waals surface area (Å²) in [5.41, 5.74) is 1.24. The van der Waals surface area contributed by atoms with Gasteiger partial charge in [0.2, 0.25) is 0 Å². The Labute approximate surface area is 61.3 Å². The first-order valence-electron chi connectivity index (χ1n) is 3.68. The molecule has 0 unspecified atom stereocenters. The van der Waals surface area contributed by atoms with E-state index in [0.717, 1.165) is 0 Å². The molecular formula is C9H10N. The number of hydrogen-bond donors (Lipinski definition) is 0. The van der Waals surface area contributed by atoms with Gasteiger partial charge in [0.25, 0.3) is 0 Å². The molecule has 51 valence electrons. The molecule has 1 saturated heterocycles. The Kier molecular flexibility index (Phi) is 1.35. The fourth-order valence-electron chi connectivity index (χ4n) is 1.14. The molecule has 0 amide bonds. The minimum Gasteiger partial charge on any atom is -0.371 e. The van der Waals surface area contributed by atoms with Crippen molar-refractivity contribution in [2.75, 3.05) is 18.0 Å². The van der Waals surface area contributed by atoms with E-state index in [0.29, 0.717) is 0 Å². The Hall–Kier alpha value is -0.980. The van der Waals surface area contributed by atoms with Gasteiger partial charge in [0.15, 0.2) is 0 Å². The van der Waals surface area contributed by atoms with E-state index in [4.69, 9.17) is 0 Å². The lowest BCUT2D eigenvalue weighted by Gasteiger charge is -2.32. The molecule has 0 spiro atoms. The minimum atomic E-state index is 1.21. The highest BCUT2D eigenvalue weighted by Crippen LogP contribution is 2.18. The molecule has 1 heteroatoms. The third-order valence-corrected chi connectivity index (χ3v) is 1.89. The van der Waals surface area contributed by atoms with Crippen LogP contribution in [-0.2, 0) is 0 Å². The maximum Gasteiger partial charge on any atom is 0.0446 e. The quantitative estimate of drug-likeness (QED) is 0.562. The van der Waals surface area contributed by atoms with Gasteiger partial charge in [-0.05, 0) is 12.5 Å². The largest absolute Gasteiger partial charge is 0.371 e. The molecule has 1 radical (unpaired) electrons. The summed E-state index contributed by atoms with van der Waals surface area (Å²) in [5.74, 6) is 0. The van der Waals surface area contributed by atoms with Crippen LogP contribution >= 0.6 is 0 Å². The molecule has 0 N–H and O–H groups in total. The van der Waals surface area contributed by atoms with Crippen molar-refractivity contribution >= 4 is 5.69 Å². The predicted molar refractivity (Wildman–Crippen MR) is 42.1 cm³/mol. The van der Waals surface area contributed by atoms with E-state index in [9.17, 15) is 0 Å². The highest BCUT2D eigenvalue weighted by molar-refractivity contribution is 5.46. The Balaban J connectivity index is 2.18. The zero-order valence-electron chi connectivity index (χ0n) is 5.88. The van der Waals surface area contributed by atoms with Crippen molar-refractivity contribution in [1.82, 2.24) is 0 Å². The monoisotopic (exact) mass is 132 g/mol. The zero-order chi connectivity index (χ0) is 6.81. The highest BCUT2D eigenvalue weighted by atomic mass is 15.2. The molecule has 0 atom stereocenters.